The molecule has 0 aromatic heterocycles. The highest BCUT2D eigenvalue weighted by Crippen LogP contribution is 2.28. The van der Waals surface area contributed by atoms with Gasteiger partial charge >= 0.3 is 0 Å². The monoisotopic (exact) mass is 619 g/mol. The normalized spacial score (nSPS) is 12.7. The third-order valence-electron chi connectivity index (χ3n) is 6.57. The average molecular weight is 621 g/mol. The fourth-order valence-electron chi connectivity index (χ4n) is 4.26. The van der Waals surface area contributed by atoms with Crippen molar-refractivity contribution < 1.29 is 22.7 Å². The Morgan fingerprint density at radius 2 is 1.59 bits per heavy atom. The second kappa shape index (κ2) is 14.6. The molecular weight excluding hydrogens is 585 g/mol. The number of amides is 2. The van der Waals surface area contributed by atoms with Crippen molar-refractivity contribution in [2.75, 3.05) is 24.2 Å². The Bertz CT molecular complexity index is 1430. The van der Waals surface area contributed by atoms with Crippen LogP contribution < -0.4 is 14.4 Å². The number of sulfonamides is 1. The lowest BCUT2D eigenvalue weighted by Gasteiger charge is -2.34. The summed E-state index contributed by atoms with van der Waals surface area (Å²) in [5.41, 5.74) is 1.70. The van der Waals surface area contributed by atoms with E-state index in [9.17, 15) is 18.0 Å². The van der Waals surface area contributed by atoms with Crippen molar-refractivity contribution in [3.8, 4) is 5.75 Å². The van der Waals surface area contributed by atoms with Gasteiger partial charge in [0.25, 0.3) is 0 Å². The molecule has 41 heavy (non-hydrogen) atoms. The summed E-state index contributed by atoms with van der Waals surface area (Å²) in [6.07, 6.45) is 1.92. The van der Waals surface area contributed by atoms with Crippen LogP contribution in [0, 0.1) is 0 Å². The molecule has 0 spiro atoms. The van der Waals surface area contributed by atoms with E-state index < -0.39 is 28.5 Å². The molecule has 2 atom stereocenters. The molecule has 0 fully saturated rings. The zero-order valence-electron chi connectivity index (χ0n) is 23.5. The van der Waals surface area contributed by atoms with Crippen LogP contribution in [0.4, 0.5) is 5.69 Å². The SMILES string of the molecule is CC[C@H](C)NC(=O)[C@H](Cc1ccccc1)N(Cc1cccc(OC)c1)C(=O)CN(c1cc(Cl)cc(Cl)c1)S(C)(=O)=O. The van der Waals surface area contributed by atoms with Crippen LogP contribution in [0.25, 0.3) is 0 Å². The molecule has 0 saturated heterocycles. The number of hydrogen-bond acceptors (Lipinski definition) is 5. The Labute approximate surface area is 252 Å². The molecule has 0 unspecified atom stereocenters. The Balaban J connectivity index is 2.09. The van der Waals surface area contributed by atoms with Crippen LogP contribution in [0.15, 0.2) is 72.8 Å². The minimum atomic E-state index is -3.94. The Kier molecular flexibility index (Phi) is 11.5. The summed E-state index contributed by atoms with van der Waals surface area (Å²) < 4.78 is 32.1. The zero-order chi connectivity index (χ0) is 30.2. The van der Waals surface area contributed by atoms with E-state index in [1.807, 2.05) is 50.2 Å². The molecule has 3 rings (SSSR count). The van der Waals surface area contributed by atoms with Crippen molar-refractivity contribution in [2.45, 2.75) is 45.3 Å². The zero-order valence-corrected chi connectivity index (χ0v) is 25.8. The van der Waals surface area contributed by atoms with Gasteiger partial charge in [0.15, 0.2) is 0 Å². The number of nitrogens with one attached hydrogen (secondary N) is 1. The molecule has 3 aromatic carbocycles. The molecule has 220 valence electrons. The van der Waals surface area contributed by atoms with Gasteiger partial charge in [-0.3, -0.25) is 13.9 Å². The van der Waals surface area contributed by atoms with Crippen LogP contribution in [0.5, 0.6) is 5.75 Å². The highest BCUT2D eigenvalue weighted by molar-refractivity contribution is 7.92. The summed E-state index contributed by atoms with van der Waals surface area (Å²) in [5.74, 6) is -0.323. The summed E-state index contributed by atoms with van der Waals surface area (Å²) >= 11 is 12.3. The van der Waals surface area contributed by atoms with Crippen molar-refractivity contribution in [1.29, 1.82) is 0 Å². The first-order valence-electron chi connectivity index (χ1n) is 13.1. The number of methoxy groups -OCH3 is 1. The molecule has 0 bridgehead atoms. The van der Waals surface area contributed by atoms with E-state index in [0.717, 1.165) is 16.1 Å². The minimum Gasteiger partial charge on any atom is -0.497 e. The predicted octanol–water partition coefficient (Wildman–Crippen LogP) is 5.32. The van der Waals surface area contributed by atoms with E-state index in [4.69, 9.17) is 27.9 Å². The standard InChI is InChI=1S/C30H35Cl2N3O5S/c1-5-21(2)33-30(37)28(15-22-10-7-6-8-11-22)34(19-23-12-9-13-27(14-23)40-3)29(36)20-35(41(4,38)39)26-17-24(31)16-25(32)18-26/h6-14,16-18,21,28H,5,15,19-20H2,1-4H3,(H,33,37)/t21-,28-/m0/s1. The first-order chi connectivity index (χ1) is 19.4. The molecule has 8 nitrogen and oxygen atoms in total. The summed E-state index contributed by atoms with van der Waals surface area (Å²) in [7, 11) is -2.40. The van der Waals surface area contributed by atoms with E-state index in [0.29, 0.717) is 17.7 Å². The van der Waals surface area contributed by atoms with E-state index in [-0.39, 0.29) is 40.6 Å². The molecule has 0 saturated carbocycles. The first-order valence-corrected chi connectivity index (χ1v) is 15.7. The van der Waals surface area contributed by atoms with Crippen molar-refractivity contribution in [3.05, 3.63) is 94.0 Å². The maximum Gasteiger partial charge on any atom is 0.244 e. The molecule has 2 amide bonds. The number of nitrogens with zero attached hydrogens (tertiary/aromatic N) is 2. The third-order valence-corrected chi connectivity index (χ3v) is 8.15. The maximum atomic E-state index is 14.1. The van der Waals surface area contributed by atoms with Crippen molar-refractivity contribution >= 4 is 50.7 Å². The van der Waals surface area contributed by atoms with Gasteiger partial charge in [-0.15, -0.1) is 0 Å². The molecule has 0 heterocycles. The maximum absolute atomic E-state index is 14.1. The van der Waals surface area contributed by atoms with Crippen LogP contribution in [-0.2, 0) is 32.6 Å². The minimum absolute atomic E-state index is 0.0371. The van der Waals surface area contributed by atoms with Gasteiger partial charge in [0.05, 0.1) is 19.1 Å². The van der Waals surface area contributed by atoms with Gasteiger partial charge in [-0.1, -0.05) is 72.6 Å². The number of anilines is 1. The Hall–Kier alpha value is -3.27. The summed E-state index contributed by atoms with van der Waals surface area (Å²) in [6.45, 7) is 3.31. The molecule has 3 aromatic rings. The van der Waals surface area contributed by atoms with Gasteiger partial charge in [0.2, 0.25) is 21.8 Å². The van der Waals surface area contributed by atoms with Crippen LogP contribution in [-0.4, -0.2) is 57.1 Å². The van der Waals surface area contributed by atoms with Crippen LogP contribution in [0.1, 0.15) is 31.4 Å². The number of carbonyl (C=O) groups excluding carboxylic acids is 2. The number of rotatable bonds is 13. The van der Waals surface area contributed by atoms with Gasteiger partial charge in [-0.05, 0) is 54.8 Å². The number of benzene rings is 3. The topological polar surface area (TPSA) is 96.0 Å². The second-order valence-corrected chi connectivity index (χ2v) is 12.6. The predicted molar refractivity (Wildman–Crippen MR) is 164 cm³/mol. The van der Waals surface area contributed by atoms with Crippen molar-refractivity contribution in [2.24, 2.45) is 0 Å². The lowest BCUT2D eigenvalue weighted by Crippen LogP contribution is -2.54. The fraction of sp³-hybridized carbons (Fsp3) is 0.333. The molecule has 0 aliphatic rings. The molecule has 0 radical (unpaired) electrons. The molecular formula is C30H35Cl2N3O5S. The largest absolute Gasteiger partial charge is 0.497 e. The van der Waals surface area contributed by atoms with Gasteiger partial charge in [0.1, 0.15) is 18.3 Å². The smallest absolute Gasteiger partial charge is 0.244 e. The number of carbonyl (C=O) groups is 2. The van der Waals surface area contributed by atoms with E-state index in [1.165, 1.54) is 23.1 Å². The lowest BCUT2D eigenvalue weighted by molar-refractivity contribution is -0.140. The third kappa shape index (κ3) is 9.38. The summed E-state index contributed by atoms with van der Waals surface area (Å²) in [4.78, 5) is 29.3. The van der Waals surface area contributed by atoms with Gasteiger partial charge < -0.3 is 15.0 Å². The van der Waals surface area contributed by atoms with E-state index in [1.54, 1.807) is 25.3 Å². The Morgan fingerprint density at radius 1 is 0.951 bits per heavy atom. The van der Waals surface area contributed by atoms with Crippen molar-refractivity contribution in [3.63, 3.8) is 0 Å². The molecule has 0 aliphatic carbocycles. The van der Waals surface area contributed by atoms with Crippen LogP contribution in [0.3, 0.4) is 0 Å². The lowest BCUT2D eigenvalue weighted by atomic mass is 10.0. The quantitative estimate of drug-likeness (QED) is 0.279. The summed E-state index contributed by atoms with van der Waals surface area (Å²) in [6, 6.07) is 19.8. The highest BCUT2D eigenvalue weighted by Gasteiger charge is 2.33. The summed E-state index contributed by atoms with van der Waals surface area (Å²) in [5, 5.41) is 3.44. The van der Waals surface area contributed by atoms with Gasteiger partial charge in [-0.25, -0.2) is 8.42 Å². The highest BCUT2D eigenvalue weighted by atomic mass is 35.5. The second-order valence-electron chi connectivity index (χ2n) is 9.79. The number of halogens is 2. The molecule has 11 heteroatoms. The van der Waals surface area contributed by atoms with E-state index in [2.05, 4.69) is 5.32 Å². The van der Waals surface area contributed by atoms with Crippen LogP contribution >= 0.6 is 23.2 Å². The van der Waals surface area contributed by atoms with Crippen molar-refractivity contribution in [1.82, 2.24) is 10.2 Å². The number of ether oxygens (including phenoxy) is 1. The van der Waals surface area contributed by atoms with Gasteiger partial charge in [-0.2, -0.15) is 0 Å². The molecule has 1 N–H and O–H groups in total. The van der Waals surface area contributed by atoms with Crippen LogP contribution in [0.2, 0.25) is 10.0 Å². The average Bonchev–Trinajstić information content (AvgIpc) is 2.92. The van der Waals surface area contributed by atoms with Gasteiger partial charge in [0, 0.05) is 29.1 Å². The fourth-order valence-corrected chi connectivity index (χ4v) is 5.61. The number of hydrogen-bond donors (Lipinski definition) is 1. The first kappa shape index (κ1) is 32.2. The Morgan fingerprint density at radius 3 is 2.17 bits per heavy atom. The molecule has 0 aliphatic heterocycles. The van der Waals surface area contributed by atoms with E-state index >= 15 is 0 Å².